The SMILES string of the molecule is COC(=O)c1ccc(/C=C2/C(=O)NC(=O)c3c2nn(-c2ccccc2)c3N)cc1. The monoisotopic (exact) mass is 388 g/mol. The van der Waals surface area contributed by atoms with Crippen LogP contribution in [-0.4, -0.2) is 34.7 Å². The van der Waals surface area contributed by atoms with Crippen LogP contribution in [0.2, 0.25) is 0 Å². The Kier molecular flexibility index (Phi) is 4.44. The van der Waals surface area contributed by atoms with E-state index in [-0.39, 0.29) is 22.6 Å². The summed E-state index contributed by atoms with van der Waals surface area (Å²) >= 11 is 0. The molecule has 0 radical (unpaired) electrons. The number of benzene rings is 2. The molecule has 0 unspecified atom stereocenters. The highest BCUT2D eigenvalue weighted by molar-refractivity contribution is 6.34. The van der Waals surface area contributed by atoms with Crippen LogP contribution in [-0.2, 0) is 9.53 Å². The van der Waals surface area contributed by atoms with Gasteiger partial charge in [0.2, 0.25) is 0 Å². The summed E-state index contributed by atoms with van der Waals surface area (Å²) in [5.74, 6) is -1.48. The van der Waals surface area contributed by atoms with Crippen molar-refractivity contribution in [2.45, 2.75) is 0 Å². The lowest BCUT2D eigenvalue weighted by molar-refractivity contribution is -0.114. The van der Waals surface area contributed by atoms with Crippen LogP contribution in [0.4, 0.5) is 5.82 Å². The Hall–Kier alpha value is -4.20. The molecule has 1 aliphatic rings. The molecule has 2 amide bonds. The number of carbonyl (C=O) groups excluding carboxylic acids is 3. The summed E-state index contributed by atoms with van der Waals surface area (Å²) in [4.78, 5) is 36.4. The maximum atomic E-state index is 12.5. The lowest BCUT2D eigenvalue weighted by Gasteiger charge is -2.13. The standard InChI is InChI=1S/C21H16N4O4/c1-29-21(28)13-9-7-12(8-10-13)11-15-17-16(20(27)23-19(15)26)18(22)25(24-17)14-5-3-2-4-6-14/h2-11H,22H2,1H3,(H,23,26,27)/b15-11+. The van der Waals surface area contributed by atoms with Crippen molar-refractivity contribution in [3.63, 3.8) is 0 Å². The van der Waals surface area contributed by atoms with Gasteiger partial charge in [-0.1, -0.05) is 30.3 Å². The van der Waals surface area contributed by atoms with Crippen LogP contribution in [0.1, 0.15) is 32.0 Å². The van der Waals surface area contributed by atoms with E-state index in [9.17, 15) is 14.4 Å². The molecule has 0 bridgehead atoms. The van der Waals surface area contributed by atoms with E-state index in [4.69, 9.17) is 5.73 Å². The third kappa shape index (κ3) is 3.16. The van der Waals surface area contributed by atoms with Crippen LogP contribution in [0.3, 0.4) is 0 Å². The molecule has 0 fully saturated rings. The first kappa shape index (κ1) is 18.2. The summed E-state index contributed by atoms with van der Waals surface area (Å²) in [7, 11) is 1.30. The van der Waals surface area contributed by atoms with Crippen molar-refractivity contribution in [2.75, 3.05) is 12.8 Å². The third-order valence-corrected chi connectivity index (χ3v) is 4.52. The normalized spacial score (nSPS) is 14.4. The van der Waals surface area contributed by atoms with Crippen LogP contribution >= 0.6 is 0 Å². The first-order valence-corrected chi connectivity index (χ1v) is 8.69. The summed E-state index contributed by atoms with van der Waals surface area (Å²) in [5, 5.41) is 6.72. The van der Waals surface area contributed by atoms with E-state index in [0.717, 1.165) is 0 Å². The molecule has 8 heteroatoms. The number of methoxy groups -OCH3 is 1. The van der Waals surface area contributed by atoms with Gasteiger partial charge < -0.3 is 10.5 Å². The number of para-hydroxylation sites is 1. The minimum Gasteiger partial charge on any atom is -0.465 e. The number of nitrogens with zero attached hydrogens (tertiary/aromatic N) is 2. The summed E-state index contributed by atoms with van der Waals surface area (Å²) in [6.07, 6.45) is 1.59. The number of fused-ring (bicyclic) bond motifs is 1. The fraction of sp³-hybridized carbons (Fsp3) is 0.0476. The highest BCUT2D eigenvalue weighted by atomic mass is 16.5. The average molecular weight is 388 g/mol. The highest BCUT2D eigenvalue weighted by Crippen LogP contribution is 2.30. The average Bonchev–Trinajstić information content (AvgIpc) is 3.09. The molecule has 8 nitrogen and oxygen atoms in total. The van der Waals surface area contributed by atoms with Gasteiger partial charge in [-0.2, -0.15) is 5.10 Å². The maximum absolute atomic E-state index is 12.5. The molecule has 0 saturated heterocycles. The van der Waals surface area contributed by atoms with Gasteiger partial charge in [-0.3, -0.25) is 14.9 Å². The molecule has 1 aromatic heterocycles. The van der Waals surface area contributed by atoms with Crippen molar-refractivity contribution in [3.05, 3.63) is 77.0 Å². The van der Waals surface area contributed by atoms with Crippen LogP contribution in [0.25, 0.3) is 17.3 Å². The van der Waals surface area contributed by atoms with E-state index in [2.05, 4.69) is 15.2 Å². The molecular weight excluding hydrogens is 372 g/mol. The molecule has 29 heavy (non-hydrogen) atoms. The number of anilines is 1. The van der Waals surface area contributed by atoms with Crippen LogP contribution in [0, 0.1) is 0 Å². The molecule has 0 aliphatic carbocycles. The number of amides is 2. The predicted molar refractivity (Wildman–Crippen MR) is 106 cm³/mol. The summed E-state index contributed by atoms with van der Waals surface area (Å²) in [6, 6.07) is 15.6. The molecule has 2 aromatic carbocycles. The number of aromatic nitrogens is 2. The fourth-order valence-corrected chi connectivity index (χ4v) is 3.08. The van der Waals surface area contributed by atoms with Crippen molar-refractivity contribution in [2.24, 2.45) is 0 Å². The Bertz CT molecular complexity index is 1160. The van der Waals surface area contributed by atoms with E-state index < -0.39 is 17.8 Å². The molecular formula is C21H16N4O4. The highest BCUT2D eigenvalue weighted by Gasteiger charge is 2.34. The third-order valence-electron chi connectivity index (χ3n) is 4.52. The van der Waals surface area contributed by atoms with Crippen molar-refractivity contribution >= 4 is 35.3 Å². The van der Waals surface area contributed by atoms with Gasteiger partial charge in [-0.25, -0.2) is 9.48 Å². The second-order valence-electron chi connectivity index (χ2n) is 6.31. The fourth-order valence-electron chi connectivity index (χ4n) is 3.08. The second kappa shape index (κ2) is 7.08. The van der Waals surface area contributed by atoms with Crippen molar-refractivity contribution in [1.29, 1.82) is 0 Å². The number of hydrogen-bond acceptors (Lipinski definition) is 6. The largest absolute Gasteiger partial charge is 0.465 e. The van der Waals surface area contributed by atoms with E-state index in [0.29, 0.717) is 16.8 Å². The lowest BCUT2D eigenvalue weighted by atomic mass is 9.99. The van der Waals surface area contributed by atoms with Crippen molar-refractivity contribution < 1.29 is 19.1 Å². The number of carbonyl (C=O) groups is 3. The first-order chi connectivity index (χ1) is 14.0. The Morgan fingerprint density at radius 2 is 1.76 bits per heavy atom. The number of hydrogen-bond donors (Lipinski definition) is 2. The number of rotatable bonds is 3. The molecule has 144 valence electrons. The van der Waals surface area contributed by atoms with Gasteiger partial charge in [0.05, 0.1) is 23.9 Å². The minimum atomic E-state index is -0.595. The zero-order valence-electron chi connectivity index (χ0n) is 15.4. The van der Waals surface area contributed by atoms with Gasteiger partial charge in [0, 0.05) is 0 Å². The molecule has 0 spiro atoms. The smallest absolute Gasteiger partial charge is 0.337 e. The zero-order valence-corrected chi connectivity index (χ0v) is 15.4. The number of nitrogens with one attached hydrogen (secondary N) is 1. The Balaban J connectivity index is 1.81. The predicted octanol–water partition coefficient (Wildman–Crippen LogP) is 2.05. The number of nitrogens with two attached hydrogens (primary N) is 1. The molecule has 0 saturated carbocycles. The molecule has 3 N–H and O–H groups in total. The van der Waals surface area contributed by atoms with Crippen LogP contribution < -0.4 is 11.1 Å². The summed E-state index contributed by atoms with van der Waals surface area (Å²) in [6.45, 7) is 0. The Morgan fingerprint density at radius 1 is 1.07 bits per heavy atom. The van der Waals surface area contributed by atoms with Crippen molar-refractivity contribution in [3.8, 4) is 5.69 Å². The number of esters is 1. The van der Waals surface area contributed by atoms with E-state index >= 15 is 0 Å². The van der Waals surface area contributed by atoms with E-state index in [1.807, 2.05) is 18.2 Å². The number of imide groups is 1. The molecule has 4 rings (SSSR count). The Morgan fingerprint density at radius 3 is 2.41 bits per heavy atom. The topological polar surface area (TPSA) is 116 Å². The van der Waals surface area contributed by atoms with Gasteiger partial charge in [0.1, 0.15) is 17.1 Å². The van der Waals surface area contributed by atoms with E-state index in [1.54, 1.807) is 42.5 Å². The lowest BCUT2D eigenvalue weighted by Crippen LogP contribution is -2.36. The quantitative estimate of drug-likeness (QED) is 0.403. The first-order valence-electron chi connectivity index (χ1n) is 8.69. The van der Waals surface area contributed by atoms with Gasteiger partial charge >= 0.3 is 5.97 Å². The van der Waals surface area contributed by atoms with Gasteiger partial charge in [-0.15, -0.1) is 0 Å². The van der Waals surface area contributed by atoms with E-state index in [1.165, 1.54) is 11.8 Å². The molecule has 0 atom stereocenters. The van der Waals surface area contributed by atoms with Crippen molar-refractivity contribution in [1.82, 2.24) is 15.1 Å². The molecule has 2 heterocycles. The van der Waals surface area contributed by atoms with Crippen LogP contribution in [0.5, 0.6) is 0 Å². The number of ether oxygens (including phenoxy) is 1. The van der Waals surface area contributed by atoms with Gasteiger partial charge in [-0.05, 0) is 35.9 Å². The Labute approximate surface area is 165 Å². The van der Waals surface area contributed by atoms with Gasteiger partial charge in [0.15, 0.2) is 0 Å². The summed E-state index contributed by atoms with van der Waals surface area (Å²) < 4.78 is 6.10. The molecule has 3 aromatic rings. The second-order valence-corrected chi connectivity index (χ2v) is 6.31. The van der Waals surface area contributed by atoms with Gasteiger partial charge in [0.25, 0.3) is 11.8 Å². The summed E-state index contributed by atoms with van der Waals surface area (Å²) in [5.41, 5.74) is 8.42. The maximum Gasteiger partial charge on any atom is 0.337 e. The zero-order chi connectivity index (χ0) is 20.5. The molecule has 1 aliphatic heterocycles. The minimum absolute atomic E-state index is 0.142. The van der Waals surface area contributed by atoms with Crippen LogP contribution in [0.15, 0.2) is 54.6 Å². The number of nitrogen functional groups attached to an aromatic ring is 1.